The quantitative estimate of drug-likeness (QED) is 0.447. The number of nitro benzene ring substituents is 1. The van der Waals surface area contributed by atoms with Gasteiger partial charge in [0, 0.05) is 22.2 Å². The van der Waals surface area contributed by atoms with Crippen LogP contribution in [0.2, 0.25) is 5.02 Å². The molecule has 0 spiro atoms. The van der Waals surface area contributed by atoms with Gasteiger partial charge in [-0.15, -0.1) is 11.6 Å². The van der Waals surface area contributed by atoms with E-state index < -0.39 is 4.92 Å². The highest BCUT2D eigenvalue weighted by Gasteiger charge is 2.14. The highest BCUT2D eigenvalue weighted by atomic mass is 35.5. The average molecular weight is 326 g/mol. The Hall–Kier alpha value is -1.78. The molecule has 0 fully saturated rings. The van der Waals surface area contributed by atoms with Gasteiger partial charge < -0.3 is 4.74 Å². The van der Waals surface area contributed by atoms with Crippen molar-refractivity contribution in [3.8, 4) is 5.75 Å². The zero-order valence-electron chi connectivity index (χ0n) is 11.3. The van der Waals surface area contributed by atoms with Gasteiger partial charge in [-0.1, -0.05) is 29.8 Å². The van der Waals surface area contributed by atoms with Crippen LogP contribution in [0.5, 0.6) is 5.75 Å². The highest BCUT2D eigenvalue weighted by molar-refractivity contribution is 6.32. The molecule has 6 heteroatoms. The zero-order valence-corrected chi connectivity index (χ0v) is 12.8. The van der Waals surface area contributed by atoms with E-state index in [9.17, 15) is 10.1 Å². The fourth-order valence-electron chi connectivity index (χ4n) is 1.98. The third-order valence-electron chi connectivity index (χ3n) is 3.21. The fraction of sp³-hybridized carbons (Fsp3) is 0.200. The van der Waals surface area contributed by atoms with Crippen LogP contribution in [0.3, 0.4) is 0 Å². The Balaban J connectivity index is 2.23. The monoisotopic (exact) mass is 325 g/mol. The third-order valence-corrected chi connectivity index (χ3v) is 3.83. The molecule has 0 radical (unpaired) electrons. The lowest BCUT2D eigenvalue weighted by Crippen LogP contribution is -2.02. The smallest absolute Gasteiger partial charge is 0.272 e. The molecule has 0 atom stereocenters. The SMILES string of the molecule is Cc1c(COc2cccc(Cl)c2CCl)cccc1[N+](=O)[O-]. The summed E-state index contributed by atoms with van der Waals surface area (Å²) in [5.41, 5.74) is 2.14. The zero-order chi connectivity index (χ0) is 15.4. The summed E-state index contributed by atoms with van der Waals surface area (Å²) in [6.45, 7) is 1.93. The molecule has 0 bridgehead atoms. The van der Waals surface area contributed by atoms with Crippen molar-refractivity contribution in [1.29, 1.82) is 0 Å². The number of hydrogen-bond acceptors (Lipinski definition) is 3. The van der Waals surface area contributed by atoms with Crippen molar-refractivity contribution in [2.24, 2.45) is 0 Å². The summed E-state index contributed by atoms with van der Waals surface area (Å²) in [5.74, 6) is 0.826. The number of alkyl halides is 1. The Labute approximate surface area is 132 Å². The molecule has 0 saturated heterocycles. The van der Waals surface area contributed by atoms with Crippen molar-refractivity contribution in [2.75, 3.05) is 0 Å². The van der Waals surface area contributed by atoms with Crippen LogP contribution in [-0.4, -0.2) is 4.92 Å². The summed E-state index contributed by atoms with van der Waals surface area (Å²) in [4.78, 5) is 10.5. The molecule has 0 aliphatic carbocycles. The largest absolute Gasteiger partial charge is 0.489 e. The van der Waals surface area contributed by atoms with E-state index in [0.29, 0.717) is 21.9 Å². The third kappa shape index (κ3) is 3.46. The average Bonchev–Trinajstić information content (AvgIpc) is 2.46. The lowest BCUT2D eigenvalue weighted by molar-refractivity contribution is -0.385. The van der Waals surface area contributed by atoms with Gasteiger partial charge in [-0.2, -0.15) is 0 Å². The minimum atomic E-state index is -0.400. The summed E-state index contributed by atoms with van der Waals surface area (Å²) in [6.07, 6.45) is 0. The topological polar surface area (TPSA) is 52.4 Å². The molecule has 0 aromatic heterocycles. The Kier molecular flexibility index (Phi) is 5.04. The molecule has 21 heavy (non-hydrogen) atoms. The fourth-order valence-corrected chi connectivity index (χ4v) is 2.56. The van der Waals surface area contributed by atoms with Gasteiger partial charge in [0.15, 0.2) is 0 Å². The van der Waals surface area contributed by atoms with Crippen molar-refractivity contribution < 1.29 is 9.66 Å². The number of rotatable bonds is 5. The second kappa shape index (κ2) is 6.78. The number of benzene rings is 2. The van der Waals surface area contributed by atoms with Gasteiger partial charge in [-0.05, 0) is 24.6 Å². The Morgan fingerprint density at radius 1 is 1.24 bits per heavy atom. The maximum Gasteiger partial charge on any atom is 0.272 e. The summed E-state index contributed by atoms with van der Waals surface area (Å²) in [6, 6.07) is 10.2. The van der Waals surface area contributed by atoms with Gasteiger partial charge in [0.2, 0.25) is 0 Å². The number of hydrogen-bond donors (Lipinski definition) is 0. The molecule has 2 aromatic carbocycles. The molecular weight excluding hydrogens is 313 g/mol. The normalized spacial score (nSPS) is 10.4. The van der Waals surface area contributed by atoms with Crippen molar-refractivity contribution in [2.45, 2.75) is 19.4 Å². The summed E-state index contributed by atoms with van der Waals surface area (Å²) in [7, 11) is 0. The first-order valence-electron chi connectivity index (χ1n) is 6.23. The molecule has 0 aliphatic heterocycles. The van der Waals surface area contributed by atoms with Gasteiger partial charge >= 0.3 is 0 Å². The minimum Gasteiger partial charge on any atom is -0.489 e. The van der Waals surface area contributed by atoms with Crippen molar-refractivity contribution in [3.63, 3.8) is 0 Å². The van der Waals surface area contributed by atoms with Crippen molar-refractivity contribution >= 4 is 28.9 Å². The van der Waals surface area contributed by atoms with E-state index in [1.807, 2.05) is 0 Å². The molecule has 4 nitrogen and oxygen atoms in total. The number of ether oxygens (including phenoxy) is 1. The summed E-state index contributed by atoms with van der Waals surface area (Å²) in [5, 5.41) is 11.5. The van der Waals surface area contributed by atoms with Gasteiger partial charge in [-0.25, -0.2) is 0 Å². The van der Waals surface area contributed by atoms with E-state index in [1.54, 1.807) is 37.3 Å². The molecule has 0 saturated carbocycles. The second-order valence-corrected chi connectivity index (χ2v) is 5.13. The van der Waals surface area contributed by atoms with E-state index in [1.165, 1.54) is 6.07 Å². The van der Waals surface area contributed by atoms with Crippen LogP contribution in [0.25, 0.3) is 0 Å². The molecule has 0 amide bonds. The van der Waals surface area contributed by atoms with Gasteiger partial charge in [0.1, 0.15) is 12.4 Å². The van der Waals surface area contributed by atoms with E-state index in [0.717, 1.165) is 5.56 Å². The van der Waals surface area contributed by atoms with E-state index in [4.69, 9.17) is 27.9 Å². The predicted molar refractivity (Wildman–Crippen MR) is 83.2 cm³/mol. The van der Waals surface area contributed by atoms with Crippen LogP contribution >= 0.6 is 23.2 Å². The van der Waals surface area contributed by atoms with Crippen LogP contribution in [0, 0.1) is 17.0 Å². The molecule has 0 N–H and O–H groups in total. The van der Waals surface area contributed by atoms with Gasteiger partial charge in [-0.3, -0.25) is 10.1 Å². The van der Waals surface area contributed by atoms with E-state index >= 15 is 0 Å². The molecule has 2 rings (SSSR count). The predicted octanol–water partition coefficient (Wildman–Crippen LogP) is 4.87. The molecule has 110 valence electrons. The maximum atomic E-state index is 10.9. The van der Waals surface area contributed by atoms with Crippen LogP contribution in [0.1, 0.15) is 16.7 Å². The number of halogens is 2. The van der Waals surface area contributed by atoms with Crippen molar-refractivity contribution in [3.05, 3.63) is 68.2 Å². The second-order valence-electron chi connectivity index (χ2n) is 4.46. The van der Waals surface area contributed by atoms with Gasteiger partial charge in [0.25, 0.3) is 5.69 Å². The number of nitro groups is 1. The molecule has 0 heterocycles. The Morgan fingerprint density at radius 3 is 2.62 bits per heavy atom. The minimum absolute atomic E-state index is 0.0831. The Bertz CT molecular complexity index is 674. The molecule has 0 unspecified atom stereocenters. The van der Waals surface area contributed by atoms with Crippen LogP contribution in [-0.2, 0) is 12.5 Å². The summed E-state index contributed by atoms with van der Waals surface area (Å²) < 4.78 is 5.72. The first kappa shape index (κ1) is 15.6. The van der Waals surface area contributed by atoms with Crippen LogP contribution in [0.15, 0.2) is 36.4 Å². The first-order chi connectivity index (χ1) is 10.0. The standard InChI is InChI=1S/C15H13Cl2NO3/c1-10-11(4-2-6-14(10)18(19)20)9-21-15-7-3-5-13(17)12(15)8-16/h2-7H,8-9H2,1H3. The van der Waals surface area contributed by atoms with Gasteiger partial charge in [0.05, 0.1) is 10.8 Å². The van der Waals surface area contributed by atoms with Crippen molar-refractivity contribution in [1.82, 2.24) is 0 Å². The highest BCUT2D eigenvalue weighted by Crippen LogP contribution is 2.29. The molecular formula is C15H13Cl2NO3. The van der Waals surface area contributed by atoms with Crippen LogP contribution in [0.4, 0.5) is 5.69 Å². The first-order valence-corrected chi connectivity index (χ1v) is 7.15. The Morgan fingerprint density at radius 2 is 1.95 bits per heavy atom. The molecule has 0 aliphatic rings. The van der Waals surface area contributed by atoms with Crippen LogP contribution < -0.4 is 4.74 Å². The lowest BCUT2D eigenvalue weighted by Gasteiger charge is -2.12. The lowest BCUT2D eigenvalue weighted by atomic mass is 10.1. The van der Waals surface area contributed by atoms with E-state index in [2.05, 4.69) is 0 Å². The maximum absolute atomic E-state index is 10.9. The molecule has 2 aromatic rings. The van der Waals surface area contributed by atoms with E-state index in [-0.39, 0.29) is 18.2 Å². The number of nitrogens with zero attached hydrogens (tertiary/aromatic N) is 1. The summed E-state index contributed by atoms with van der Waals surface area (Å²) >= 11 is 11.9.